The summed E-state index contributed by atoms with van der Waals surface area (Å²) in [4.78, 5) is 0. The second-order valence-corrected chi connectivity index (χ2v) is 4.19. The maximum atomic E-state index is 13.1. The summed E-state index contributed by atoms with van der Waals surface area (Å²) in [7, 11) is 0. The molecule has 0 saturated carbocycles. The van der Waals surface area contributed by atoms with Gasteiger partial charge in [-0.1, -0.05) is 11.6 Å². The van der Waals surface area contributed by atoms with Gasteiger partial charge in [-0.25, -0.2) is 4.39 Å². The van der Waals surface area contributed by atoms with Crippen LogP contribution >= 0.6 is 11.6 Å². The number of aromatic nitrogens is 2. The van der Waals surface area contributed by atoms with Crippen LogP contribution in [0.5, 0.6) is 5.75 Å². The highest BCUT2D eigenvalue weighted by Crippen LogP contribution is 2.20. The number of halogens is 2. The summed E-state index contributed by atoms with van der Waals surface area (Å²) in [5.74, 6) is 0.488. The van der Waals surface area contributed by atoms with Crippen molar-refractivity contribution in [1.82, 2.24) is 9.78 Å². The second kappa shape index (κ2) is 5.73. The third kappa shape index (κ3) is 3.37. The molecule has 18 heavy (non-hydrogen) atoms. The number of rotatable bonds is 5. The van der Waals surface area contributed by atoms with Gasteiger partial charge in [-0.3, -0.25) is 4.68 Å². The molecule has 1 heterocycles. The first-order valence-corrected chi connectivity index (χ1v) is 5.90. The molecule has 1 aromatic heterocycles. The van der Waals surface area contributed by atoms with Gasteiger partial charge in [0.2, 0.25) is 0 Å². The van der Waals surface area contributed by atoms with Gasteiger partial charge < -0.3 is 10.5 Å². The van der Waals surface area contributed by atoms with Gasteiger partial charge in [-0.2, -0.15) is 5.10 Å². The zero-order valence-corrected chi connectivity index (χ0v) is 10.4. The average molecular weight is 270 g/mol. The van der Waals surface area contributed by atoms with Crippen LogP contribution in [0, 0.1) is 5.82 Å². The summed E-state index contributed by atoms with van der Waals surface area (Å²) in [5.41, 5.74) is 5.49. The van der Waals surface area contributed by atoms with E-state index in [1.165, 1.54) is 12.1 Å². The van der Waals surface area contributed by atoms with E-state index in [0.717, 1.165) is 6.42 Å². The lowest BCUT2D eigenvalue weighted by Crippen LogP contribution is -2.05. The molecule has 2 aromatic rings. The smallest absolute Gasteiger partial charge is 0.145 e. The number of anilines is 1. The van der Waals surface area contributed by atoms with E-state index in [4.69, 9.17) is 22.1 Å². The van der Waals surface area contributed by atoms with E-state index in [9.17, 15) is 4.39 Å². The fourth-order valence-electron chi connectivity index (χ4n) is 1.49. The third-order valence-electron chi connectivity index (χ3n) is 2.35. The molecule has 2 N–H and O–H groups in total. The number of nitrogen functional groups attached to an aromatic ring is 1. The van der Waals surface area contributed by atoms with E-state index >= 15 is 0 Å². The number of nitrogens with zero attached hydrogens (tertiary/aromatic N) is 2. The minimum absolute atomic E-state index is 0.0920. The van der Waals surface area contributed by atoms with Crippen LogP contribution in [-0.4, -0.2) is 16.4 Å². The second-order valence-electron chi connectivity index (χ2n) is 3.78. The number of hydrogen-bond donors (Lipinski definition) is 1. The zero-order chi connectivity index (χ0) is 13.0. The Hall–Kier alpha value is -1.75. The van der Waals surface area contributed by atoms with Crippen molar-refractivity contribution in [1.29, 1.82) is 0 Å². The Balaban J connectivity index is 1.76. The summed E-state index contributed by atoms with van der Waals surface area (Å²) in [6.45, 7) is 1.17. The van der Waals surface area contributed by atoms with Gasteiger partial charge in [0.15, 0.2) is 0 Å². The van der Waals surface area contributed by atoms with Gasteiger partial charge in [0.1, 0.15) is 17.4 Å². The van der Waals surface area contributed by atoms with Gasteiger partial charge in [0, 0.05) is 25.2 Å². The standard InChI is InChI=1S/C12H13ClFN3O/c13-10-3-2-9(8-11(10)14)18-7-1-5-17-6-4-12(15)16-17/h2-4,6,8H,1,5,7H2,(H2,15,16). The van der Waals surface area contributed by atoms with Crippen molar-refractivity contribution < 1.29 is 9.13 Å². The Kier molecular flexibility index (Phi) is 4.04. The largest absolute Gasteiger partial charge is 0.493 e. The molecule has 6 heteroatoms. The molecular weight excluding hydrogens is 257 g/mol. The fourth-order valence-corrected chi connectivity index (χ4v) is 1.60. The molecule has 0 aliphatic carbocycles. The molecule has 0 aliphatic rings. The summed E-state index contributed by atoms with van der Waals surface area (Å²) >= 11 is 5.57. The maximum absolute atomic E-state index is 13.1. The summed E-state index contributed by atoms with van der Waals surface area (Å²) in [6.07, 6.45) is 2.56. The van der Waals surface area contributed by atoms with Crippen LogP contribution in [0.25, 0.3) is 0 Å². The first-order valence-electron chi connectivity index (χ1n) is 5.52. The van der Waals surface area contributed by atoms with Crippen molar-refractivity contribution in [2.45, 2.75) is 13.0 Å². The molecule has 4 nitrogen and oxygen atoms in total. The molecule has 0 bridgehead atoms. The van der Waals surface area contributed by atoms with Crippen molar-refractivity contribution in [2.24, 2.45) is 0 Å². The maximum Gasteiger partial charge on any atom is 0.145 e. The normalized spacial score (nSPS) is 10.6. The van der Waals surface area contributed by atoms with Crippen molar-refractivity contribution in [3.63, 3.8) is 0 Å². The summed E-state index contributed by atoms with van der Waals surface area (Å²) < 4.78 is 20.3. The Morgan fingerprint density at radius 2 is 2.22 bits per heavy atom. The van der Waals surface area contributed by atoms with Crippen LogP contribution < -0.4 is 10.5 Å². The van der Waals surface area contributed by atoms with Crippen LogP contribution in [0.2, 0.25) is 5.02 Å². The first kappa shape index (κ1) is 12.7. The van der Waals surface area contributed by atoms with E-state index in [1.807, 2.05) is 0 Å². The molecule has 0 radical (unpaired) electrons. The Morgan fingerprint density at radius 1 is 1.39 bits per heavy atom. The van der Waals surface area contributed by atoms with Gasteiger partial charge in [-0.15, -0.1) is 0 Å². The molecule has 0 saturated heterocycles. The van der Waals surface area contributed by atoms with Crippen LogP contribution in [0.3, 0.4) is 0 Å². The van der Waals surface area contributed by atoms with Gasteiger partial charge in [-0.05, 0) is 18.2 Å². The third-order valence-corrected chi connectivity index (χ3v) is 2.66. The molecule has 0 aliphatic heterocycles. The van der Waals surface area contributed by atoms with Crippen LogP contribution in [0.4, 0.5) is 10.2 Å². The van der Waals surface area contributed by atoms with E-state index in [2.05, 4.69) is 5.10 Å². The minimum Gasteiger partial charge on any atom is -0.493 e. The number of hydrogen-bond acceptors (Lipinski definition) is 3. The van der Waals surface area contributed by atoms with Crippen LogP contribution in [0.1, 0.15) is 6.42 Å². The quantitative estimate of drug-likeness (QED) is 0.849. The molecule has 0 unspecified atom stereocenters. The molecule has 2 rings (SSSR count). The van der Waals surface area contributed by atoms with E-state index in [0.29, 0.717) is 24.7 Å². The lowest BCUT2D eigenvalue weighted by Gasteiger charge is -2.06. The van der Waals surface area contributed by atoms with Crippen LogP contribution in [-0.2, 0) is 6.54 Å². The Labute approximate surface area is 109 Å². The predicted octanol–water partition coefficient (Wildman–Crippen LogP) is 2.73. The highest BCUT2D eigenvalue weighted by Gasteiger charge is 2.01. The minimum atomic E-state index is -0.478. The summed E-state index contributed by atoms with van der Waals surface area (Å²) in [5, 5.41) is 4.13. The fraction of sp³-hybridized carbons (Fsp3) is 0.250. The number of aryl methyl sites for hydroxylation is 1. The first-order chi connectivity index (χ1) is 8.65. The van der Waals surface area contributed by atoms with Crippen LogP contribution in [0.15, 0.2) is 30.5 Å². The molecule has 0 fully saturated rings. The average Bonchev–Trinajstić information content (AvgIpc) is 2.75. The molecular formula is C12H13ClFN3O. The number of ether oxygens (including phenoxy) is 1. The molecule has 0 spiro atoms. The highest BCUT2D eigenvalue weighted by atomic mass is 35.5. The number of nitrogens with two attached hydrogens (primary N) is 1. The highest BCUT2D eigenvalue weighted by molar-refractivity contribution is 6.30. The molecule has 1 aromatic carbocycles. The molecule has 0 atom stereocenters. The lowest BCUT2D eigenvalue weighted by molar-refractivity contribution is 0.297. The zero-order valence-electron chi connectivity index (χ0n) is 9.64. The molecule has 0 amide bonds. The SMILES string of the molecule is Nc1ccn(CCCOc2ccc(Cl)c(F)c2)n1. The van der Waals surface area contributed by atoms with E-state index in [-0.39, 0.29) is 5.02 Å². The Morgan fingerprint density at radius 3 is 2.89 bits per heavy atom. The van der Waals surface area contributed by atoms with Crippen molar-refractivity contribution in [2.75, 3.05) is 12.3 Å². The van der Waals surface area contributed by atoms with Gasteiger partial charge in [0.25, 0.3) is 0 Å². The summed E-state index contributed by atoms with van der Waals surface area (Å²) in [6, 6.07) is 6.11. The Bertz CT molecular complexity index is 530. The van der Waals surface area contributed by atoms with Gasteiger partial charge >= 0.3 is 0 Å². The van der Waals surface area contributed by atoms with Crippen molar-refractivity contribution in [3.8, 4) is 5.75 Å². The van der Waals surface area contributed by atoms with E-state index < -0.39 is 5.82 Å². The topological polar surface area (TPSA) is 53.1 Å². The van der Waals surface area contributed by atoms with Crippen molar-refractivity contribution in [3.05, 3.63) is 41.3 Å². The van der Waals surface area contributed by atoms with Gasteiger partial charge in [0.05, 0.1) is 11.6 Å². The predicted molar refractivity (Wildman–Crippen MR) is 68.2 cm³/mol. The molecule has 96 valence electrons. The number of benzene rings is 1. The lowest BCUT2D eigenvalue weighted by atomic mass is 10.3. The van der Waals surface area contributed by atoms with E-state index in [1.54, 1.807) is 23.0 Å². The van der Waals surface area contributed by atoms with Crippen molar-refractivity contribution >= 4 is 17.4 Å². The monoisotopic (exact) mass is 269 g/mol.